The van der Waals surface area contributed by atoms with Crippen LogP contribution in [0.4, 0.5) is 0 Å². The minimum Gasteiger partial charge on any atom is -0.481 e. The van der Waals surface area contributed by atoms with E-state index in [1.54, 1.807) is 18.2 Å². The average Bonchev–Trinajstić information content (AvgIpc) is 2.08. The molecule has 0 saturated heterocycles. The lowest BCUT2D eigenvalue weighted by molar-refractivity contribution is -0.137. The molecule has 1 rings (SSSR count). The number of benzene rings is 1. The van der Waals surface area contributed by atoms with Gasteiger partial charge in [-0.1, -0.05) is 23.7 Å². The van der Waals surface area contributed by atoms with Crippen molar-refractivity contribution in [1.82, 2.24) is 0 Å². The summed E-state index contributed by atoms with van der Waals surface area (Å²) in [7, 11) is 0. The monoisotopic (exact) mass is 213 g/mol. The summed E-state index contributed by atoms with van der Waals surface area (Å²) in [6.45, 7) is 1.83. The third kappa shape index (κ3) is 2.47. The van der Waals surface area contributed by atoms with Crippen LogP contribution in [0.3, 0.4) is 0 Å². The van der Waals surface area contributed by atoms with Crippen molar-refractivity contribution < 1.29 is 9.90 Å². The van der Waals surface area contributed by atoms with Crippen molar-refractivity contribution in [3.63, 3.8) is 0 Å². The van der Waals surface area contributed by atoms with Crippen molar-refractivity contribution >= 4 is 17.6 Å². The molecule has 3 nitrogen and oxygen atoms in total. The van der Waals surface area contributed by atoms with Gasteiger partial charge in [0.2, 0.25) is 0 Å². The van der Waals surface area contributed by atoms with E-state index in [0.29, 0.717) is 5.02 Å². The van der Waals surface area contributed by atoms with Crippen molar-refractivity contribution in [3.05, 3.63) is 34.3 Å². The van der Waals surface area contributed by atoms with Gasteiger partial charge in [-0.2, -0.15) is 0 Å². The molecule has 1 aromatic carbocycles. The van der Waals surface area contributed by atoms with Gasteiger partial charge in [0.15, 0.2) is 0 Å². The number of carboxylic acids is 1. The highest BCUT2D eigenvalue weighted by atomic mass is 35.5. The zero-order valence-electron chi connectivity index (χ0n) is 7.83. The Morgan fingerprint density at radius 1 is 1.64 bits per heavy atom. The predicted octanol–water partition coefficient (Wildman–Crippen LogP) is 2.12. The first kappa shape index (κ1) is 11.0. The number of aliphatic carboxylic acids is 1. The zero-order chi connectivity index (χ0) is 10.7. The molecule has 0 unspecified atom stereocenters. The Kier molecular flexibility index (Phi) is 3.49. The van der Waals surface area contributed by atoms with E-state index in [4.69, 9.17) is 22.4 Å². The molecule has 0 saturated carbocycles. The highest BCUT2D eigenvalue weighted by Gasteiger charge is 2.13. The van der Waals surface area contributed by atoms with Crippen LogP contribution >= 0.6 is 11.6 Å². The summed E-state index contributed by atoms with van der Waals surface area (Å²) in [6.07, 6.45) is -0.0822. The van der Waals surface area contributed by atoms with Gasteiger partial charge in [-0.05, 0) is 24.1 Å². The fourth-order valence-electron chi connectivity index (χ4n) is 1.32. The van der Waals surface area contributed by atoms with Gasteiger partial charge in [-0.25, -0.2) is 0 Å². The number of hydrogen-bond donors (Lipinski definition) is 2. The normalized spacial score (nSPS) is 12.5. The van der Waals surface area contributed by atoms with Crippen LogP contribution in [0.1, 0.15) is 23.6 Å². The van der Waals surface area contributed by atoms with Gasteiger partial charge in [-0.15, -0.1) is 0 Å². The van der Waals surface area contributed by atoms with E-state index in [9.17, 15) is 4.79 Å². The van der Waals surface area contributed by atoms with Crippen LogP contribution in [0.25, 0.3) is 0 Å². The fourth-order valence-corrected chi connectivity index (χ4v) is 1.51. The maximum atomic E-state index is 10.5. The smallest absolute Gasteiger partial charge is 0.305 e. The number of hydrogen-bond acceptors (Lipinski definition) is 2. The highest BCUT2D eigenvalue weighted by Crippen LogP contribution is 2.24. The molecule has 1 aromatic rings. The minimum absolute atomic E-state index is 0.0822. The van der Waals surface area contributed by atoms with Gasteiger partial charge in [0.05, 0.1) is 6.42 Å². The summed E-state index contributed by atoms with van der Waals surface area (Å²) < 4.78 is 0. The predicted molar refractivity (Wildman–Crippen MR) is 55.4 cm³/mol. The van der Waals surface area contributed by atoms with Crippen LogP contribution in [0.2, 0.25) is 5.02 Å². The second-order valence-electron chi connectivity index (χ2n) is 3.16. The van der Waals surface area contributed by atoms with E-state index < -0.39 is 12.0 Å². The summed E-state index contributed by atoms with van der Waals surface area (Å²) in [6, 6.07) is 4.83. The molecule has 76 valence electrons. The van der Waals surface area contributed by atoms with Gasteiger partial charge in [0.1, 0.15) is 0 Å². The van der Waals surface area contributed by atoms with E-state index in [2.05, 4.69) is 0 Å². The first-order chi connectivity index (χ1) is 6.52. The Morgan fingerprint density at radius 3 is 2.86 bits per heavy atom. The average molecular weight is 214 g/mol. The van der Waals surface area contributed by atoms with E-state index in [-0.39, 0.29) is 6.42 Å². The molecule has 14 heavy (non-hydrogen) atoms. The SMILES string of the molecule is Cc1c(Cl)cccc1[C@H](N)CC(=O)O. The lowest BCUT2D eigenvalue weighted by Crippen LogP contribution is -2.16. The summed E-state index contributed by atoms with van der Waals surface area (Å²) >= 11 is 5.89. The summed E-state index contributed by atoms with van der Waals surface area (Å²) in [5.41, 5.74) is 7.37. The van der Waals surface area contributed by atoms with Crippen LogP contribution in [0.5, 0.6) is 0 Å². The van der Waals surface area contributed by atoms with Crippen molar-refractivity contribution in [2.45, 2.75) is 19.4 Å². The quantitative estimate of drug-likeness (QED) is 0.809. The molecule has 0 bridgehead atoms. The fraction of sp³-hybridized carbons (Fsp3) is 0.300. The van der Waals surface area contributed by atoms with E-state index in [1.165, 1.54) is 0 Å². The third-order valence-electron chi connectivity index (χ3n) is 2.10. The number of rotatable bonds is 3. The van der Waals surface area contributed by atoms with Gasteiger partial charge in [0, 0.05) is 11.1 Å². The molecular formula is C10H12ClNO2. The second kappa shape index (κ2) is 4.44. The molecule has 0 radical (unpaired) electrons. The van der Waals surface area contributed by atoms with Crippen LogP contribution in [0.15, 0.2) is 18.2 Å². The maximum absolute atomic E-state index is 10.5. The number of carbonyl (C=O) groups is 1. The Balaban J connectivity index is 2.95. The highest BCUT2D eigenvalue weighted by molar-refractivity contribution is 6.31. The third-order valence-corrected chi connectivity index (χ3v) is 2.51. The Labute approximate surface area is 87.5 Å². The first-order valence-corrected chi connectivity index (χ1v) is 4.62. The summed E-state index contributed by atoms with van der Waals surface area (Å²) in [4.78, 5) is 10.5. The molecule has 0 aliphatic heterocycles. The van der Waals surface area contributed by atoms with Crippen LogP contribution in [-0.2, 0) is 4.79 Å². The van der Waals surface area contributed by atoms with Crippen molar-refractivity contribution in [2.75, 3.05) is 0 Å². The van der Waals surface area contributed by atoms with Gasteiger partial charge in [-0.3, -0.25) is 4.79 Å². The molecule has 1 atom stereocenters. The molecule has 0 aliphatic rings. The zero-order valence-corrected chi connectivity index (χ0v) is 8.58. The van der Waals surface area contributed by atoms with Gasteiger partial charge >= 0.3 is 5.97 Å². The van der Waals surface area contributed by atoms with Crippen molar-refractivity contribution in [2.24, 2.45) is 5.73 Å². The molecular weight excluding hydrogens is 202 g/mol. The molecule has 0 fully saturated rings. The number of carboxylic acid groups (broad SMARTS) is 1. The van der Waals surface area contributed by atoms with E-state index >= 15 is 0 Å². The van der Waals surface area contributed by atoms with Crippen molar-refractivity contribution in [1.29, 1.82) is 0 Å². The Hall–Kier alpha value is -1.06. The molecule has 0 amide bonds. The van der Waals surface area contributed by atoms with E-state index in [0.717, 1.165) is 11.1 Å². The van der Waals surface area contributed by atoms with Crippen LogP contribution in [0, 0.1) is 6.92 Å². The van der Waals surface area contributed by atoms with E-state index in [1.807, 2.05) is 6.92 Å². The largest absolute Gasteiger partial charge is 0.481 e. The first-order valence-electron chi connectivity index (χ1n) is 4.24. The molecule has 3 N–H and O–H groups in total. The number of halogens is 1. The molecule has 0 spiro atoms. The minimum atomic E-state index is -0.906. The summed E-state index contributed by atoms with van der Waals surface area (Å²) in [5.74, 6) is -0.906. The Morgan fingerprint density at radius 2 is 2.29 bits per heavy atom. The molecule has 0 heterocycles. The maximum Gasteiger partial charge on any atom is 0.305 e. The lowest BCUT2D eigenvalue weighted by atomic mass is 10.00. The summed E-state index contributed by atoms with van der Waals surface area (Å²) in [5, 5.41) is 9.21. The second-order valence-corrected chi connectivity index (χ2v) is 3.57. The van der Waals surface area contributed by atoms with Gasteiger partial charge < -0.3 is 10.8 Å². The number of nitrogens with two attached hydrogens (primary N) is 1. The van der Waals surface area contributed by atoms with Crippen LogP contribution in [-0.4, -0.2) is 11.1 Å². The molecule has 0 aliphatic carbocycles. The Bertz CT molecular complexity index is 352. The molecule has 0 aromatic heterocycles. The lowest BCUT2D eigenvalue weighted by Gasteiger charge is -2.13. The van der Waals surface area contributed by atoms with Gasteiger partial charge in [0.25, 0.3) is 0 Å². The standard InChI is InChI=1S/C10H12ClNO2/c1-6-7(3-2-4-8(6)11)9(12)5-10(13)14/h2-4,9H,5,12H2,1H3,(H,13,14)/t9-/m1/s1. The van der Waals surface area contributed by atoms with Crippen LogP contribution < -0.4 is 5.73 Å². The topological polar surface area (TPSA) is 63.3 Å². The van der Waals surface area contributed by atoms with Crippen molar-refractivity contribution in [3.8, 4) is 0 Å². The molecule has 4 heteroatoms.